The Morgan fingerprint density at radius 1 is 1.57 bits per heavy atom. The molecule has 1 fully saturated rings. The molecule has 2 atom stereocenters. The Labute approximate surface area is 84.1 Å². The fourth-order valence-corrected chi connectivity index (χ4v) is 2.21. The number of rotatable bonds is 1. The van der Waals surface area contributed by atoms with Gasteiger partial charge in [-0.3, -0.25) is 4.79 Å². The van der Waals surface area contributed by atoms with Gasteiger partial charge in [0.2, 0.25) is 0 Å². The molecule has 14 heavy (non-hydrogen) atoms. The van der Waals surface area contributed by atoms with Crippen molar-refractivity contribution in [3.63, 3.8) is 0 Å². The molecule has 0 aromatic carbocycles. The highest BCUT2D eigenvalue weighted by molar-refractivity contribution is 5.66. The Bertz CT molecular complexity index is 251. The second-order valence-electron chi connectivity index (χ2n) is 4.06. The Balaban J connectivity index is 1.95. The van der Waals surface area contributed by atoms with E-state index >= 15 is 0 Å². The lowest BCUT2D eigenvalue weighted by atomic mass is 9.87. The molecular formula is C11H16O3. The molecule has 2 unspecified atom stereocenters. The third kappa shape index (κ3) is 1.98. The van der Waals surface area contributed by atoms with Crippen LogP contribution < -0.4 is 0 Å². The molecule has 0 saturated carbocycles. The standard InChI is InChI=1S/C11H16O3/c1-9(12)14-10-3-6-11(7-4-10)5-2-8-13-11/h3,6,10H,2,4-5,7-8H2,1H3. The number of carbonyl (C=O) groups excluding carboxylic acids is 1. The van der Waals surface area contributed by atoms with Crippen LogP contribution in [0.25, 0.3) is 0 Å². The van der Waals surface area contributed by atoms with Crippen molar-refractivity contribution in [1.82, 2.24) is 0 Å². The van der Waals surface area contributed by atoms with Crippen molar-refractivity contribution in [3.8, 4) is 0 Å². The van der Waals surface area contributed by atoms with E-state index in [0.717, 1.165) is 32.3 Å². The monoisotopic (exact) mass is 196 g/mol. The molecule has 2 aliphatic rings. The van der Waals surface area contributed by atoms with Gasteiger partial charge in [0.05, 0.1) is 5.60 Å². The second-order valence-corrected chi connectivity index (χ2v) is 4.06. The maximum Gasteiger partial charge on any atom is 0.303 e. The van der Waals surface area contributed by atoms with Gasteiger partial charge in [0.15, 0.2) is 0 Å². The SMILES string of the molecule is CC(=O)OC1C=CC2(CCCO2)CC1. The van der Waals surface area contributed by atoms with Crippen molar-refractivity contribution in [3.05, 3.63) is 12.2 Å². The van der Waals surface area contributed by atoms with Gasteiger partial charge in [-0.15, -0.1) is 0 Å². The first-order valence-corrected chi connectivity index (χ1v) is 5.21. The van der Waals surface area contributed by atoms with Gasteiger partial charge in [-0.25, -0.2) is 0 Å². The van der Waals surface area contributed by atoms with E-state index < -0.39 is 0 Å². The molecule has 0 amide bonds. The fourth-order valence-electron chi connectivity index (χ4n) is 2.21. The van der Waals surface area contributed by atoms with E-state index in [0.29, 0.717) is 0 Å². The van der Waals surface area contributed by atoms with E-state index in [1.165, 1.54) is 6.92 Å². The predicted octanol–water partition coefficient (Wildman–Crippen LogP) is 1.82. The van der Waals surface area contributed by atoms with Gasteiger partial charge in [0.1, 0.15) is 6.10 Å². The molecule has 78 valence electrons. The van der Waals surface area contributed by atoms with Crippen LogP contribution in [0, 0.1) is 0 Å². The quantitative estimate of drug-likeness (QED) is 0.474. The van der Waals surface area contributed by atoms with Crippen molar-refractivity contribution >= 4 is 5.97 Å². The first kappa shape index (κ1) is 9.71. The van der Waals surface area contributed by atoms with Crippen LogP contribution in [0.15, 0.2) is 12.2 Å². The van der Waals surface area contributed by atoms with Gasteiger partial charge in [0, 0.05) is 13.5 Å². The van der Waals surface area contributed by atoms with Crippen LogP contribution >= 0.6 is 0 Å². The Kier molecular flexibility index (Phi) is 2.59. The number of esters is 1. The molecule has 0 aromatic rings. The van der Waals surface area contributed by atoms with Gasteiger partial charge >= 0.3 is 5.97 Å². The molecule has 1 saturated heterocycles. The largest absolute Gasteiger partial charge is 0.458 e. The number of ether oxygens (including phenoxy) is 2. The maximum atomic E-state index is 10.7. The van der Waals surface area contributed by atoms with Crippen LogP contribution in [0.4, 0.5) is 0 Å². The zero-order chi connectivity index (χ0) is 10.0. The van der Waals surface area contributed by atoms with Gasteiger partial charge in [-0.05, 0) is 31.8 Å². The van der Waals surface area contributed by atoms with Crippen molar-refractivity contribution < 1.29 is 14.3 Å². The minimum Gasteiger partial charge on any atom is -0.458 e. The lowest BCUT2D eigenvalue weighted by Crippen LogP contribution is -2.31. The third-order valence-corrected chi connectivity index (χ3v) is 2.92. The van der Waals surface area contributed by atoms with Crippen molar-refractivity contribution in [1.29, 1.82) is 0 Å². The van der Waals surface area contributed by atoms with Crippen LogP contribution in [0.5, 0.6) is 0 Å². The van der Waals surface area contributed by atoms with Crippen LogP contribution in [-0.4, -0.2) is 24.3 Å². The summed E-state index contributed by atoms with van der Waals surface area (Å²) in [5, 5.41) is 0. The average Bonchev–Trinajstić information content (AvgIpc) is 2.58. The lowest BCUT2D eigenvalue weighted by molar-refractivity contribution is -0.145. The van der Waals surface area contributed by atoms with E-state index in [1.54, 1.807) is 0 Å². The average molecular weight is 196 g/mol. The van der Waals surface area contributed by atoms with Crippen molar-refractivity contribution in [2.24, 2.45) is 0 Å². The zero-order valence-corrected chi connectivity index (χ0v) is 8.49. The smallest absolute Gasteiger partial charge is 0.303 e. The molecule has 1 spiro atoms. The summed E-state index contributed by atoms with van der Waals surface area (Å²) < 4.78 is 10.8. The Morgan fingerprint density at radius 2 is 2.43 bits per heavy atom. The Morgan fingerprint density at radius 3 is 2.93 bits per heavy atom. The zero-order valence-electron chi connectivity index (χ0n) is 8.49. The highest BCUT2D eigenvalue weighted by atomic mass is 16.5. The summed E-state index contributed by atoms with van der Waals surface area (Å²) in [6.45, 7) is 2.31. The molecule has 1 aliphatic carbocycles. The molecule has 0 radical (unpaired) electrons. The predicted molar refractivity (Wildman–Crippen MR) is 51.8 cm³/mol. The summed E-state index contributed by atoms with van der Waals surface area (Å²) in [6.07, 6.45) is 8.12. The first-order valence-electron chi connectivity index (χ1n) is 5.21. The molecule has 0 N–H and O–H groups in total. The maximum absolute atomic E-state index is 10.7. The molecule has 1 aliphatic heterocycles. The summed E-state index contributed by atoms with van der Waals surface area (Å²) in [7, 11) is 0. The molecule has 3 heteroatoms. The second kappa shape index (κ2) is 3.73. The fraction of sp³-hybridized carbons (Fsp3) is 0.727. The topological polar surface area (TPSA) is 35.5 Å². The molecule has 0 bridgehead atoms. The molecule has 3 nitrogen and oxygen atoms in total. The van der Waals surface area contributed by atoms with Gasteiger partial charge in [0.25, 0.3) is 0 Å². The minimum atomic E-state index is -0.206. The van der Waals surface area contributed by atoms with E-state index in [1.807, 2.05) is 6.08 Å². The van der Waals surface area contributed by atoms with Crippen molar-refractivity contribution in [2.75, 3.05) is 6.61 Å². The normalized spacial score (nSPS) is 36.2. The highest BCUT2D eigenvalue weighted by Crippen LogP contribution is 2.35. The molecule has 1 heterocycles. The van der Waals surface area contributed by atoms with Gasteiger partial charge in [-0.1, -0.05) is 6.08 Å². The van der Waals surface area contributed by atoms with Gasteiger partial charge in [-0.2, -0.15) is 0 Å². The molecule has 0 aromatic heterocycles. The highest BCUT2D eigenvalue weighted by Gasteiger charge is 2.35. The van der Waals surface area contributed by atoms with E-state index in [2.05, 4.69) is 6.08 Å². The summed E-state index contributed by atoms with van der Waals surface area (Å²) >= 11 is 0. The van der Waals surface area contributed by atoms with Crippen LogP contribution in [-0.2, 0) is 14.3 Å². The first-order chi connectivity index (χ1) is 6.70. The van der Waals surface area contributed by atoms with Crippen molar-refractivity contribution in [2.45, 2.75) is 44.3 Å². The van der Waals surface area contributed by atoms with E-state index in [-0.39, 0.29) is 17.7 Å². The summed E-state index contributed by atoms with van der Waals surface area (Å²) in [5.74, 6) is -0.206. The van der Waals surface area contributed by atoms with Crippen LogP contribution in [0.2, 0.25) is 0 Å². The minimum absolute atomic E-state index is 0.0311. The van der Waals surface area contributed by atoms with E-state index in [4.69, 9.17) is 9.47 Å². The van der Waals surface area contributed by atoms with Crippen LogP contribution in [0.3, 0.4) is 0 Å². The van der Waals surface area contributed by atoms with Crippen LogP contribution in [0.1, 0.15) is 32.6 Å². The van der Waals surface area contributed by atoms with E-state index in [9.17, 15) is 4.79 Å². The number of carbonyl (C=O) groups is 1. The number of hydrogen-bond donors (Lipinski definition) is 0. The van der Waals surface area contributed by atoms with Gasteiger partial charge < -0.3 is 9.47 Å². The Hall–Kier alpha value is -0.830. The molecule has 2 rings (SSSR count). The summed E-state index contributed by atoms with van der Waals surface area (Å²) in [4.78, 5) is 10.7. The third-order valence-electron chi connectivity index (χ3n) is 2.92. The summed E-state index contributed by atoms with van der Waals surface area (Å²) in [5.41, 5.74) is -0.0311. The lowest BCUT2D eigenvalue weighted by Gasteiger charge is -2.30. The number of hydrogen-bond acceptors (Lipinski definition) is 3. The molecular weight excluding hydrogens is 180 g/mol. The summed E-state index contributed by atoms with van der Waals surface area (Å²) in [6, 6.07) is 0.